The van der Waals surface area contributed by atoms with Crippen LogP contribution >= 0.6 is 0 Å². The molecule has 6 heterocycles. The van der Waals surface area contributed by atoms with Gasteiger partial charge in [-0.3, -0.25) is 9.13 Å². The molecule has 35 heavy (non-hydrogen) atoms. The Morgan fingerprint density at radius 3 is 2.57 bits per heavy atom. The zero-order valence-electron chi connectivity index (χ0n) is 19.1. The molecular weight excluding hydrogens is 456 g/mol. The van der Waals surface area contributed by atoms with Gasteiger partial charge in [0, 0.05) is 19.7 Å². The first-order chi connectivity index (χ1) is 17.2. The highest BCUT2D eigenvalue weighted by Crippen LogP contribution is 2.34. The lowest BCUT2D eigenvalue weighted by atomic mass is 10.2. The van der Waals surface area contributed by atoms with Crippen molar-refractivity contribution in [1.82, 2.24) is 29.1 Å². The van der Waals surface area contributed by atoms with Crippen molar-refractivity contribution in [1.29, 1.82) is 0 Å². The Balaban J connectivity index is 1.46. The minimum absolute atomic E-state index is 0.133. The van der Waals surface area contributed by atoms with Crippen LogP contribution in [-0.2, 0) is 9.47 Å². The van der Waals surface area contributed by atoms with Crippen LogP contribution in [0.2, 0.25) is 0 Å². The molecule has 11 heteroatoms. The first kappa shape index (κ1) is 21.1. The number of hydrogen-bond acceptors (Lipinski definition) is 7. The molecule has 0 N–H and O–H groups in total. The first-order valence-corrected chi connectivity index (χ1v) is 12.2. The van der Waals surface area contributed by atoms with Crippen molar-refractivity contribution in [2.45, 2.75) is 57.0 Å². The lowest BCUT2D eigenvalue weighted by Gasteiger charge is -2.32. The topological polar surface area (TPSA) is 83.1 Å². The van der Waals surface area contributed by atoms with Crippen molar-refractivity contribution in [2.75, 3.05) is 24.6 Å². The van der Waals surface area contributed by atoms with E-state index in [-0.39, 0.29) is 24.3 Å². The van der Waals surface area contributed by atoms with Crippen molar-refractivity contribution < 1.29 is 18.3 Å². The number of hydrogen-bond donors (Lipinski definition) is 0. The van der Waals surface area contributed by atoms with Gasteiger partial charge in [-0.25, -0.2) is 18.7 Å². The molecule has 9 nitrogen and oxygen atoms in total. The Kier molecular flexibility index (Phi) is 4.95. The van der Waals surface area contributed by atoms with Crippen LogP contribution in [0.5, 0.6) is 0 Å². The molecule has 2 bridgehead atoms. The van der Waals surface area contributed by atoms with Gasteiger partial charge in [-0.2, -0.15) is 9.97 Å². The van der Waals surface area contributed by atoms with Crippen LogP contribution in [0.25, 0.3) is 28.0 Å². The fraction of sp³-hybridized carbons (Fsp3) is 0.500. The number of rotatable bonds is 4. The molecule has 4 aromatic rings. The third-order valence-corrected chi connectivity index (χ3v) is 7.18. The van der Waals surface area contributed by atoms with E-state index in [0.717, 1.165) is 32.1 Å². The standard InChI is InChI=1S/C24H25F2N7O2/c25-20(26)23-28-16-5-1-2-6-17(16)33(23)22-19-21(32(13-27-19)18-7-3-4-10-34-18)29-24(30-22)31-11-14-8-9-15(12-31)35-14/h1-2,5-6,13-15,18,20H,3-4,7-12H2. The molecule has 3 saturated heterocycles. The molecule has 0 spiro atoms. The maximum absolute atomic E-state index is 14.2. The molecule has 3 atom stereocenters. The highest BCUT2D eigenvalue weighted by Gasteiger charge is 2.36. The van der Waals surface area contributed by atoms with E-state index in [0.29, 0.717) is 53.7 Å². The van der Waals surface area contributed by atoms with Gasteiger partial charge in [0.2, 0.25) is 5.95 Å². The Morgan fingerprint density at radius 1 is 0.971 bits per heavy atom. The van der Waals surface area contributed by atoms with E-state index in [9.17, 15) is 8.78 Å². The summed E-state index contributed by atoms with van der Waals surface area (Å²) in [6.45, 7) is 2.01. The molecule has 7 rings (SSSR count). The zero-order chi connectivity index (χ0) is 23.5. The van der Waals surface area contributed by atoms with E-state index in [1.54, 1.807) is 24.5 Å². The summed E-state index contributed by atoms with van der Waals surface area (Å²) in [4.78, 5) is 20.7. The smallest absolute Gasteiger partial charge is 0.296 e. The molecule has 1 aromatic carbocycles. The highest BCUT2D eigenvalue weighted by molar-refractivity contribution is 5.85. The fourth-order valence-electron chi connectivity index (χ4n) is 5.53. The maximum Gasteiger partial charge on any atom is 0.296 e. The van der Waals surface area contributed by atoms with Crippen LogP contribution in [0.4, 0.5) is 14.7 Å². The number of fused-ring (bicyclic) bond motifs is 4. The largest absolute Gasteiger partial charge is 0.371 e. The van der Waals surface area contributed by atoms with Gasteiger partial charge in [-0.1, -0.05) is 12.1 Å². The Bertz CT molecular complexity index is 1390. The number of para-hydroxylation sites is 2. The molecular formula is C24H25F2N7O2. The Morgan fingerprint density at radius 2 is 1.80 bits per heavy atom. The molecule has 0 amide bonds. The lowest BCUT2D eigenvalue weighted by molar-refractivity contribution is -0.0298. The molecule has 182 valence electrons. The molecule has 3 aromatic heterocycles. The van der Waals surface area contributed by atoms with E-state index >= 15 is 0 Å². The predicted molar refractivity (Wildman–Crippen MR) is 124 cm³/mol. The van der Waals surface area contributed by atoms with Crippen molar-refractivity contribution >= 4 is 28.1 Å². The number of alkyl halides is 2. The van der Waals surface area contributed by atoms with Gasteiger partial charge in [0.15, 0.2) is 22.8 Å². The van der Waals surface area contributed by atoms with Crippen LogP contribution in [0.15, 0.2) is 30.6 Å². The monoisotopic (exact) mass is 481 g/mol. The summed E-state index contributed by atoms with van der Waals surface area (Å²) < 4.78 is 43.8. The van der Waals surface area contributed by atoms with E-state index in [2.05, 4.69) is 14.9 Å². The first-order valence-electron chi connectivity index (χ1n) is 12.2. The van der Waals surface area contributed by atoms with Crippen molar-refractivity contribution in [3.8, 4) is 5.82 Å². The number of benzene rings is 1. The average molecular weight is 482 g/mol. The van der Waals surface area contributed by atoms with E-state index in [4.69, 9.17) is 19.4 Å². The number of morpholine rings is 1. The summed E-state index contributed by atoms with van der Waals surface area (Å²) in [5, 5.41) is 0. The minimum atomic E-state index is -2.78. The molecule has 3 aliphatic heterocycles. The summed E-state index contributed by atoms with van der Waals surface area (Å²) in [5.41, 5.74) is 2.06. The molecule has 0 aliphatic carbocycles. The summed E-state index contributed by atoms with van der Waals surface area (Å²) >= 11 is 0. The van der Waals surface area contributed by atoms with Gasteiger partial charge in [0.1, 0.15) is 6.23 Å². The van der Waals surface area contributed by atoms with Gasteiger partial charge >= 0.3 is 0 Å². The molecule has 0 radical (unpaired) electrons. The van der Waals surface area contributed by atoms with Gasteiger partial charge in [-0.05, 0) is 44.2 Å². The van der Waals surface area contributed by atoms with E-state index in [1.165, 1.54) is 4.57 Å². The number of aromatic nitrogens is 6. The molecule has 3 unspecified atom stereocenters. The molecule has 0 saturated carbocycles. The SMILES string of the molecule is FC(F)c1nc2ccccc2n1-c1nc(N2CC3CCC(C2)O3)nc2c1ncn2C1CCCCO1. The average Bonchev–Trinajstić information content (AvgIpc) is 3.58. The number of ether oxygens (including phenoxy) is 2. The quantitative estimate of drug-likeness (QED) is 0.433. The number of imidazole rings is 2. The van der Waals surface area contributed by atoms with Crippen molar-refractivity contribution in [3.05, 3.63) is 36.4 Å². The summed E-state index contributed by atoms with van der Waals surface area (Å²) in [7, 11) is 0. The number of nitrogens with zero attached hydrogens (tertiary/aromatic N) is 7. The van der Waals surface area contributed by atoms with E-state index < -0.39 is 6.43 Å². The second-order valence-electron chi connectivity index (χ2n) is 9.45. The third kappa shape index (κ3) is 3.48. The highest BCUT2D eigenvalue weighted by atomic mass is 19.3. The summed E-state index contributed by atoms with van der Waals surface area (Å²) in [6, 6.07) is 7.10. The van der Waals surface area contributed by atoms with Crippen LogP contribution in [0.3, 0.4) is 0 Å². The fourth-order valence-corrected chi connectivity index (χ4v) is 5.53. The third-order valence-electron chi connectivity index (χ3n) is 7.18. The second kappa shape index (κ2) is 8.20. The van der Waals surface area contributed by atoms with E-state index in [1.807, 2.05) is 10.6 Å². The normalized spacial score (nSPS) is 24.8. The molecule has 3 fully saturated rings. The van der Waals surface area contributed by atoms with Crippen LogP contribution < -0.4 is 4.90 Å². The van der Waals surface area contributed by atoms with Gasteiger partial charge in [-0.15, -0.1) is 0 Å². The summed E-state index contributed by atoms with van der Waals surface area (Å²) in [6.07, 6.45) is 3.90. The second-order valence-corrected chi connectivity index (χ2v) is 9.45. The maximum atomic E-state index is 14.2. The predicted octanol–water partition coefficient (Wildman–Crippen LogP) is 4.17. The van der Waals surface area contributed by atoms with Gasteiger partial charge in [0.25, 0.3) is 6.43 Å². The van der Waals surface area contributed by atoms with Crippen molar-refractivity contribution in [3.63, 3.8) is 0 Å². The van der Waals surface area contributed by atoms with Crippen molar-refractivity contribution in [2.24, 2.45) is 0 Å². The van der Waals surface area contributed by atoms with Crippen LogP contribution in [0, 0.1) is 0 Å². The van der Waals surface area contributed by atoms with Gasteiger partial charge in [0.05, 0.1) is 29.6 Å². The number of halogens is 2. The Hall–Kier alpha value is -3.18. The summed E-state index contributed by atoms with van der Waals surface area (Å²) in [5.74, 6) is 0.438. The van der Waals surface area contributed by atoms with Crippen LogP contribution in [-0.4, -0.2) is 61.0 Å². The lowest BCUT2D eigenvalue weighted by Crippen LogP contribution is -2.43. The minimum Gasteiger partial charge on any atom is -0.371 e. The molecule has 3 aliphatic rings. The Labute approximate surface area is 199 Å². The zero-order valence-corrected chi connectivity index (χ0v) is 19.1. The number of anilines is 1. The van der Waals surface area contributed by atoms with Gasteiger partial charge < -0.3 is 14.4 Å². The van der Waals surface area contributed by atoms with Crippen LogP contribution in [0.1, 0.15) is 50.6 Å².